The number of carbonyl (C=O) groups excluding carboxylic acids is 2. The Morgan fingerprint density at radius 1 is 1.12 bits per heavy atom. The lowest BCUT2D eigenvalue weighted by molar-refractivity contribution is -0.384. The summed E-state index contributed by atoms with van der Waals surface area (Å²) < 4.78 is 6.22. The summed E-state index contributed by atoms with van der Waals surface area (Å²) in [5.41, 5.74) is 0.436. The van der Waals surface area contributed by atoms with E-state index in [1.807, 2.05) is 25.7 Å². The fourth-order valence-electron chi connectivity index (χ4n) is 3.83. The summed E-state index contributed by atoms with van der Waals surface area (Å²) in [6, 6.07) is 6.00. The van der Waals surface area contributed by atoms with Gasteiger partial charge in [0, 0.05) is 50.6 Å². The van der Waals surface area contributed by atoms with Crippen molar-refractivity contribution in [3.63, 3.8) is 0 Å². The number of thiocarbonyl (C=S) groups is 1. The largest absolute Gasteiger partial charge is 0.444 e. The Hall–Kier alpha value is -2.40. The van der Waals surface area contributed by atoms with E-state index in [4.69, 9.17) is 17.0 Å². The lowest BCUT2D eigenvalue weighted by atomic mass is 10.1. The molecule has 0 N–H and O–H groups in total. The van der Waals surface area contributed by atoms with Gasteiger partial charge in [-0.1, -0.05) is 36.1 Å². The molecule has 1 atom stereocenters. The predicted molar refractivity (Wildman–Crippen MR) is 131 cm³/mol. The van der Waals surface area contributed by atoms with E-state index < -0.39 is 22.7 Å². The Labute approximate surface area is 203 Å². The second kappa shape index (κ2) is 10.7. The van der Waals surface area contributed by atoms with Crippen LogP contribution in [-0.2, 0) is 15.3 Å². The van der Waals surface area contributed by atoms with Gasteiger partial charge in [0.15, 0.2) is 0 Å². The van der Waals surface area contributed by atoms with E-state index in [0.717, 1.165) is 16.3 Å². The first-order valence-electron chi connectivity index (χ1n) is 11.0. The Balaban J connectivity index is 1.47. The number of nitro groups is 1. The minimum atomic E-state index is -0.597. The highest BCUT2D eigenvalue weighted by molar-refractivity contribution is 8.22. The molecule has 2 aliphatic heterocycles. The Bertz CT molecular complexity index is 895. The molecule has 1 aromatic carbocycles. The highest BCUT2D eigenvalue weighted by atomic mass is 32.2. The molecule has 3 rings (SSSR count). The zero-order valence-corrected chi connectivity index (χ0v) is 20.8. The average Bonchev–Trinajstić information content (AvgIpc) is 3.26. The van der Waals surface area contributed by atoms with Gasteiger partial charge < -0.3 is 14.5 Å². The number of hydrogen-bond donors (Lipinski definition) is 0. The maximum Gasteiger partial charge on any atom is 0.410 e. The van der Waals surface area contributed by atoms with Gasteiger partial charge >= 0.3 is 6.09 Å². The van der Waals surface area contributed by atoms with Crippen LogP contribution < -0.4 is 0 Å². The predicted octanol–water partition coefficient (Wildman–Crippen LogP) is 3.66. The van der Waals surface area contributed by atoms with Gasteiger partial charge in [-0.15, -0.1) is 0 Å². The summed E-state index contributed by atoms with van der Waals surface area (Å²) in [7, 11) is 0. The molecule has 0 saturated carbocycles. The summed E-state index contributed by atoms with van der Waals surface area (Å²) in [5, 5.41) is 10.8. The molecule has 0 spiro atoms. The fraction of sp³-hybridized carbons (Fsp3) is 0.591. The monoisotopic (exact) mass is 494 g/mol. The molecule has 33 heavy (non-hydrogen) atoms. The quantitative estimate of drug-likeness (QED) is 0.356. The molecule has 2 aliphatic rings. The van der Waals surface area contributed by atoms with Crippen LogP contribution in [0.5, 0.6) is 0 Å². The topological polar surface area (TPSA) is 96.2 Å². The molecular weight excluding hydrogens is 464 g/mol. The third-order valence-corrected chi connectivity index (χ3v) is 7.12. The van der Waals surface area contributed by atoms with Crippen LogP contribution in [0.15, 0.2) is 24.3 Å². The summed E-state index contributed by atoms with van der Waals surface area (Å²) in [4.78, 5) is 41.4. The van der Waals surface area contributed by atoms with E-state index >= 15 is 0 Å². The van der Waals surface area contributed by atoms with Crippen molar-refractivity contribution in [2.45, 2.75) is 51.0 Å². The van der Waals surface area contributed by atoms with Crippen molar-refractivity contribution in [1.82, 2.24) is 14.7 Å². The van der Waals surface area contributed by atoms with E-state index in [0.29, 0.717) is 44.9 Å². The van der Waals surface area contributed by atoms with Crippen LogP contribution in [0.3, 0.4) is 0 Å². The Morgan fingerprint density at radius 3 is 2.30 bits per heavy atom. The zero-order valence-electron chi connectivity index (χ0n) is 19.2. The Morgan fingerprint density at radius 2 is 1.73 bits per heavy atom. The van der Waals surface area contributed by atoms with Gasteiger partial charge in [0.05, 0.1) is 4.92 Å². The molecule has 0 radical (unpaired) electrons. The van der Waals surface area contributed by atoms with Gasteiger partial charge in [-0.25, -0.2) is 4.79 Å². The summed E-state index contributed by atoms with van der Waals surface area (Å²) >= 11 is 7.07. The first kappa shape index (κ1) is 25.2. The first-order valence-corrected chi connectivity index (χ1v) is 12.4. The second-order valence-corrected chi connectivity index (χ2v) is 10.7. The number of nitro benzene ring substituents is 1. The third kappa shape index (κ3) is 6.80. The van der Waals surface area contributed by atoms with Gasteiger partial charge in [0.25, 0.3) is 5.69 Å². The van der Waals surface area contributed by atoms with Gasteiger partial charge in [-0.2, -0.15) is 0 Å². The van der Waals surface area contributed by atoms with Crippen molar-refractivity contribution < 1.29 is 19.2 Å². The van der Waals surface area contributed by atoms with E-state index in [9.17, 15) is 19.7 Å². The molecule has 9 nitrogen and oxygen atoms in total. The molecule has 2 heterocycles. The maximum atomic E-state index is 13.1. The molecule has 2 saturated heterocycles. The van der Waals surface area contributed by atoms with Crippen LogP contribution in [0.2, 0.25) is 0 Å². The van der Waals surface area contributed by atoms with E-state index in [1.165, 1.54) is 23.9 Å². The van der Waals surface area contributed by atoms with Gasteiger partial charge in [0.1, 0.15) is 16.0 Å². The van der Waals surface area contributed by atoms with Gasteiger partial charge in [0.2, 0.25) is 5.91 Å². The highest BCUT2D eigenvalue weighted by Gasteiger charge is 2.39. The second-order valence-electron chi connectivity index (χ2n) is 9.12. The van der Waals surface area contributed by atoms with E-state index in [1.54, 1.807) is 17.0 Å². The number of hydrogen-bond acceptors (Lipinski definition) is 7. The summed E-state index contributed by atoms with van der Waals surface area (Å²) in [6.07, 6.45) is 1.02. The Kier molecular flexibility index (Phi) is 8.17. The summed E-state index contributed by atoms with van der Waals surface area (Å²) in [6.45, 7) is 8.37. The minimum Gasteiger partial charge on any atom is -0.444 e. The molecular formula is C22H30N4O5S2. The molecule has 2 fully saturated rings. The molecule has 2 amide bonds. The van der Waals surface area contributed by atoms with Crippen LogP contribution in [-0.4, -0.2) is 80.3 Å². The highest BCUT2D eigenvalue weighted by Crippen LogP contribution is 2.24. The third-order valence-electron chi connectivity index (χ3n) is 5.52. The summed E-state index contributed by atoms with van der Waals surface area (Å²) in [5.74, 6) is 0.602. The molecule has 1 aromatic rings. The number of benzene rings is 1. The van der Waals surface area contributed by atoms with Crippen molar-refractivity contribution in [1.29, 1.82) is 0 Å². The van der Waals surface area contributed by atoms with Crippen molar-refractivity contribution in [3.05, 3.63) is 39.9 Å². The van der Waals surface area contributed by atoms with Gasteiger partial charge in [-0.05, 0) is 39.2 Å². The SMILES string of the molecule is CC(C)(C)OC(=O)N1CCCC1C(=O)N1CCN(C(=S)SCc2ccc([N+](=O)[O-])cc2)CC1. The number of piperazine rings is 1. The van der Waals surface area contributed by atoms with Crippen LogP contribution in [0, 0.1) is 10.1 Å². The molecule has 1 unspecified atom stereocenters. The maximum absolute atomic E-state index is 13.1. The fourth-order valence-corrected chi connectivity index (χ4v) is 5.04. The number of nitrogens with zero attached hydrogens (tertiary/aromatic N) is 4. The lowest BCUT2D eigenvalue weighted by Gasteiger charge is -2.38. The minimum absolute atomic E-state index is 0.0255. The normalized spacial score (nSPS) is 18.9. The molecule has 0 bridgehead atoms. The van der Waals surface area contributed by atoms with Crippen LogP contribution in [0.4, 0.5) is 10.5 Å². The van der Waals surface area contributed by atoms with Crippen LogP contribution >= 0.6 is 24.0 Å². The molecule has 0 aromatic heterocycles. The molecule has 11 heteroatoms. The van der Waals surface area contributed by atoms with Crippen molar-refractivity contribution in [2.24, 2.45) is 0 Å². The zero-order chi connectivity index (χ0) is 24.2. The smallest absolute Gasteiger partial charge is 0.410 e. The average molecular weight is 495 g/mol. The number of non-ortho nitro benzene ring substituents is 1. The van der Waals surface area contributed by atoms with Crippen molar-refractivity contribution >= 4 is 46.0 Å². The number of rotatable bonds is 4. The first-order chi connectivity index (χ1) is 15.5. The van der Waals surface area contributed by atoms with Crippen molar-refractivity contribution in [3.8, 4) is 0 Å². The standard InChI is InChI=1S/C22H30N4O5S2/c1-22(2,3)31-20(28)25-10-4-5-18(25)19(27)23-11-13-24(14-12-23)21(32)33-15-16-6-8-17(9-7-16)26(29)30/h6-9,18H,4-5,10-15H2,1-3H3. The van der Waals surface area contributed by atoms with Crippen molar-refractivity contribution in [2.75, 3.05) is 32.7 Å². The number of carbonyl (C=O) groups is 2. The van der Waals surface area contributed by atoms with E-state index in [2.05, 4.69) is 4.90 Å². The number of ether oxygens (including phenoxy) is 1. The number of likely N-dealkylation sites (tertiary alicyclic amines) is 1. The number of thioether (sulfide) groups is 1. The number of amides is 2. The molecule has 180 valence electrons. The van der Waals surface area contributed by atoms with E-state index in [-0.39, 0.29) is 11.6 Å². The molecule has 0 aliphatic carbocycles. The lowest BCUT2D eigenvalue weighted by Crippen LogP contribution is -2.55. The van der Waals surface area contributed by atoms with Crippen LogP contribution in [0.25, 0.3) is 0 Å². The van der Waals surface area contributed by atoms with Crippen LogP contribution in [0.1, 0.15) is 39.2 Å². The van der Waals surface area contributed by atoms with Gasteiger partial charge in [-0.3, -0.25) is 19.8 Å².